The van der Waals surface area contributed by atoms with Gasteiger partial charge in [0.1, 0.15) is 0 Å². The predicted octanol–water partition coefficient (Wildman–Crippen LogP) is 1.64. The van der Waals surface area contributed by atoms with E-state index in [2.05, 4.69) is 10.6 Å². The number of thiophene rings is 1. The molecule has 0 saturated heterocycles. The molecule has 0 aliphatic heterocycles. The fourth-order valence-corrected chi connectivity index (χ4v) is 1.57. The highest BCUT2D eigenvalue weighted by Crippen LogP contribution is 2.14. The molecule has 0 spiro atoms. The number of aliphatic hydroxyl groups is 1. The van der Waals surface area contributed by atoms with Crippen molar-refractivity contribution in [2.24, 2.45) is 0 Å². The standard InChI is InChI=1S/C9H14N2O2S/c1-2-7(6-12)10-9(13)11-8-4-3-5-14-8/h3-5,7,12H,2,6H2,1H3,(H2,10,11,13). The van der Waals surface area contributed by atoms with Gasteiger partial charge in [-0.1, -0.05) is 6.92 Å². The Morgan fingerprint density at radius 1 is 1.71 bits per heavy atom. The number of hydrogen-bond acceptors (Lipinski definition) is 3. The first-order valence-electron chi connectivity index (χ1n) is 4.48. The van der Waals surface area contributed by atoms with Crippen molar-refractivity contribution in [3.05, 3.63) is 17.5 Å². The van der Waals surface area contributed by atoms with E-state index in [0.717, 1.165) is 5.00 Å². The maximum absolute atomic E-state index is 11.3. The Morgan fingerprint density at radius 3 is 3.00 bits per heavy atom. The van der Waals surface area contributed by atoms with Crippen LogP contribution >= 0.6 is 11.3 Å². The van der Waals surface area contributed by atoms with Crippen LogP contribution < -0.4 is 10.6 Å². The summed E-state index contributed by atoms with van der Waals surface area (Å²) in [6.07, 6.45) is 0.717. The number of amides is 2. The first kappa shape index (κ1) is 11.0. The highest BCUT2D eigenvalue weighted by Gasteiger charge is 2.08. The number of carbonyl (C=O) groups is 1. The summed E-state index contributed by atoms with van der Waals surface area (Å²) in [5.41, 5.74) is 0. The normalized spacial score (nSPS) is 12.1. The molecule has 78 valence electrons. The van der Waals surface area contributed by atoms with E-state index in [1.807, 2.05) is 24.4 Å². The van der Waals surface area contributed by atoms with E-state index in [9.17, 15) is 4.79 Å². The van der Waals surface area contributed by atoms with E-state index in [1.165, 1.54) is 11.3 Å². The van der Waals surface area contributed by atoms with Gasteiger partial charge in [-0.3, -0.25) is 5.32 Å². The summed E-state index contributed by atoms with van der Waals surface area (Å²) in [7, 11) is 0. The molecule has 2 amide bonds. The average Bonchev–Trinajstić information content (AvgIpc) is 2.66. The van der Waals surface area contributed by atoms with Gasteiger partial charge < -0.3 is 10.4 Å². The van der Waals surface area contributed by atoms with Gasteiger partial charge in [-0.25, -0.2) is 4.79 Å². The molecule has 0 aromatic carbocycles. The molecule has 0 fully saturated rings. The Kier molecular flexibility index (Phi) is 4.42. The van der Waals surface area contributed by atoms with Gasteiger partial charge >= 0.3 is 6.03 Å². The first-order chi connectivity index (χ1) is 6.76. The third-order valence-electron chi connectivity index (χ3n) is 1.81. The molecule has 1 rings (SSSR count). The molecule has 0 bridgehead atoms. The maximum atomic E-state index is 11.3. The van der Waals surface area contributed by atoms with Crippen molar-refractivity contribution in [1.29, 1.82) is 0 Å². The van der Waals surface area contributed by atoms with Crippen LogP contribution in [-0.2, 0) is 0 Å². The lowest BCUT2D eigenvalue weighted by atomic mass is 10.2. The minimum absolute atomic E-state index is 0.0334. The lowest BCUT2D eigenvalue weighted by molar-refractivity contribution is 0.222. The van der Waals surface area contributed by atoms with Crippen LogP contribution in [0.15, 0.2) is 17.5 Å². The lowest BCUT2D eigenvalue weighted by Gasteiger charge is -2.13. The van der Waals surface area contributed by atoms with E-state index in [-0.39, 0.29) is 18.7 Å². The van der Waals surface area contributed by atoms with E-state index in [4.69, 9.17) is 5.11 Å². The molecule has 0 aliphatic carbocycles. The summed E-state index contributed by atoms with van der Waals surface area (Å²) < 4.78 is 0. The fraction of sp³-hybridized carbons (Fsp3) is 0.444. The topological polar surface area (TPSA) is 61.4 Å². The van der Waals surface area contributed by atoms with Crippen LogP contribution in [0.25, 0.3) is 0 Å². The number of carbonyl (C=O) groups excluding carboxylic acids is 1. The van der Waals surface area contributed by atoms with Crippen molar-refractivity contribution in [3.63, 3.8) is 0 Å². The van der Waals surface area contributed by atoms with Gasteiger partial charge in [0.25, 0.3) is 0 Å². The second kappa shape index (κ2) is 5.62. The van der Waals surface area contributed by atoms with E-state index < -0.39 is 0 Å². The molecule has 1 aromatic heterocycles. The SMILES string of the molecule is CCC(CO)NC(=O)Nc1cccs1. The van der Waals surface area contributed by atoms with Crippen LogP contribution in [0.4, 0.5) is 9.80 Å². The van der Waals surface area contributed by atoms with Gasteiger partial charge in [0, 0.05) is 0 Å². The number of nitrogens with one attached hydrogen (secondary N) is 2. The lowest BCUT2D eigenvalue weighted by Crippen LogP contribution is -2.39. The van der Waals surface area contributed by atoms with Gasteiger partial charge in [-0.15, -0.1) is 11.3 Å². The molecule has 1 unspecified atom stereocenters. The third kappa shape index (κ3) is 3.35. The van der Waals surface area contributed by atoms with Crippen molar-refractivity contribution >= 4 is 22.4 Å². The zero-order chi connectivity index (χ0) is 10.4. The molecular weight excluding hydrogens is 200 g/mol. The Labute approximate surface area is 87.0 Å². The molecule has 5 heteroatoms. The van der Waals surface area contributed by atoms with Crippen molar-refractivity contribution < 1.29 is 9.90 Å². The van der Waals surface area contributed by atoms with Crippen LogP contribution in [-0.4, -0.2) is 23.8 Å². The Balaban J connectivity index is 2.35. The van der Waals surface area contributed by atoms with Gasteiger partial charge in [0.05, 0.1) is 17.6 Å². The Bertz CT molecular complexity index is 270. The van der Waals surface area contributed by atoms with Crippen LogP contribution in [0.5, 0.6) is 0 Å². The highest BCUT2D eigenvalue weighted by atomic mass is 32.1. The van der Waals surface area contributed by atoms with E-state index in [0.29, 0.717) is 6.42 Å². The van der Waals surface area contributed by atoms with Gasteiger partial charge in [0.2, 0.25) is 0 Å². The maximum Gasteiger partial charge on any atom is 0.320 e. The summed E-state index contributed by atoms with van der Waals surface area (Å²) in [4.78, 5) is 11.3. The fourth-order valence-electron chi connectivity index (χ4n) is 0.960. The van der Waals surface area contributed by atoms with E-state index in [1.54, 1.807) is 0 Å². The summed E-state index contributed by atoms with van der Waals surface area (Å²) in [6.45, 7) is 1.88. The molecular formula is C9H14N2O2S. The highest BCUT2D eigenvalue weighted by molar-refractivity contribution is 7.14. The summed E-state index contributed by atoms with van der Waals surface area (Å²) in [5, 5.41) is 16.9. The van der Waals surface area contributed by atoms with Crippen LogP contribution in [0.1, 0.15) is 13.3 Å². The second-order valence-corrected chi connectivity index (χ2v) is 3.81. The van der Waals surface area contributed by atoms with E-state index >= 15 is 0 Å². The largest absolute Gasteiger partial charge is 0.394 e. The molecule has 0 saturated carbocycles. The predicted molar refractivity (Wildman–Crippen MR) is 57.6 cm³/mol. The quantitative estimate of drug-likeness (QED) is 0.713. The zero-order valence-corrected chi connectivity index (χ0v) is 8.80. The minimum Gasteiger partial charge on any atom is -0.394 e. The van der Waals surface area contributed by atoms with Crippen LogP contribution in [0, 0.1) is 0 Å². The third-order valence-corrected chi connectivity index (χ3v) is 2.59. The molecule has 1 aromatic rings. The minimum atomic E-state index is -0.270. The first-order valence-corrected chi connectivity index (χ1v) is 5.36. The monoisotopic (exact) mass is 214 g/mol. The average molecular weight is 214 g/mol. The Hall–Kier alpha value is -1.07. The smallest absolute Gasteiger partial charge is 0.320 e. The van der Waals surface area contributed by atoms with Crippen molar-refractivity contribution in [2.45, 2.75) is 19.4 Å². The second-order valence-electron chi connectivity index (χ2n) is 2.86. The van der Waals surface area contributed by atoms with Crippen molar-refractivity contribution in [3.8, 4) is 0 Å². The number of urea groups is 1. The number of hydrogen-bond donors (Lipinski definition) is 3. The summed E-state index contributed by atoms with van der Waals surface area (Å²) in [6, 6.07) is 3.25. The van der Waals surface area contributed by atoms with Crippen LogP contribution in [0.2, 0.25) is 0 Å². The Morgan fingerprint density at radius 2 is 2.50 bits per heavy atom. The number of aliphatic hydroxyl groups excluding tert-OH is 1. The summed E-state index contributed by atoms with van der Waals surface area (Å²) in [5.74, 6) is 0. The number of anilines is 1. The molecule has 4 nitrogen and oxygen atoms in total. The van der Waals surface area contributed by atoms with Crippen molar-refractivity contribution in [2.75, 3.05) is 11.9 Å². The van der Waals surface area contributed by atoms with Gasteiger partial charge in [-0.2, -0.15) is 0 Å². The zero-order valence-electron chi connectivity index (χ0n) is 7.99. The number of rotatable bonds is 4. The molecule has 0 radical (unpaired) electrons. The van der Waals surface area contributed by atoms with Gasteiger partial charge in [-0.05, 0) is 23.9 Å². The van der Waals surface area contributed by atoms with Crippen molar-refractivity contribution in [1.82, 2.24) is 5.32 Å². The molecule has 3 N–H and O–H groups in total. The van der Waals surface area contributed by atoms with Crippen LogP contribution in [0.3, 0.4) is 0 Å². The molecule has 14 heavy (non-hydrogen) atoms. The molecule has 0 aliphatic rings. The van der Waals surface area contributed by atoms with Gasteiger partial charge in [0.15, 0.2) is 0 Å². The molecule has 1 heterocycles. The molecule has 1 atom stereocenters. The summed E-state index contributed by atoms with van der Waals surface area (Å²) >= 11 is 1.46.